The first-order valence-electron chi connectivity index (χ1n) is 10.4. The molecule has 3 fully saturated rings. The van der Waals surface area contributed by atoms with Gasteiger partial charge in [-0.15, -0.1) is 0 Å². The highest BCUT2D eigenvalue weighted by molar-refractivity contribution is 6.15. The van der Waals surface area contributed by atoms with Gasteiger partial charge in [0.1, 0.15) is 11.4 Å². The molecule has 3 aliphatic heterocycles. The monoisotopic (exact) mass is 414 g/mol. The Labute approximate surface area is 172 Å². The highest BCUT2D eigenvalue weighted by Gasteiger charge is 2.71. The standard InChI is InChI=1S/C21H23FN4O4/c22-10-6-7-13-12(8-10)21(20(30)24-13)17-16(14(25-21)9-15(23)27)18(28)26(19(17)29)11-4-2-1-3-5-11/h6-8,11,14,16-17,25H,1-5,9H2,(H2,23,27)(H,24,30). The van der Waals surface area contributed by atoms with Gasteiger partial charge in [0, 0.05) is 29.8 Å². The number of halogens is 1. The Kier molecular flexibility index (Phi) is 4.22. The Morgan fingerprint density at radius 3 is 2.60 bits per heavy atom. The molecule has 4 unspecified atom stereocenters. The number of hydrogen-bond acceptors (Lipinski definition) is 5. The Bertz CT molecular complexity index is 976. The number of nitrogens with zero attached hydrogens (tertiary/aromatic N) is 1. The number of benzene rings is 1. The molecule has 4 aliphatic rings. The molecule has 2 saturated heterocycles. The summed E-state index contributed by atoms with van der Waals surface area (Å²) in [7, 11) is 0. The van der Waals surface area contributed by atoms with Gasteiger partial charge >= 0.3 is 0 Å². The number of rotatable bonds is 3. The number of fused-ring (bicyclic) bond motifs is 4. The zero-order valence-corrected chi connectivity index (χ0v) is 16.3. The molecule has 8 nitrogen and oxygen atoms in total. The van der Waals surface area contributed by atoms with Gasteiger partial charge in [-0.3, -0.25) is 29.4 Å². The number of carbonyl (C=O) groups excluding carboxylic acids is 4. The minimum atomic E-state index is -1.60. The van der Waals surface area contributed by atoms with Crippen molar-refractivity contribution < 1.29 is 23.6 Å². The normalized spacial score (nSPS) is 33.2. The Morgan fingerprint density at radius 1 is 1.17 bits per heavy atom. The minimum absolute atomic E-state index is 0.196. The third-order valence-electron chi connectivity index (χ3n) is 7.07. The van der Waals surface area contributed by atoms with Gasteiger partial charge in [0.25, 0.3) is 0 Å². The van der Waals surface area contributed by atoms with Gasteiger partial charge in [0.15, 0.2) is 0 Å². The van der Waals surface area contributed by atoms with Crippen LogP contribution in [0.4, 0.5) is 10.1 Å². The van der Waals surface area contributed by atoms with E-state index in [1.54, 1.807) is 0 Å². The fourth-order valence-corrected chi connectivity index (χ4v) is 5.89. The molecule has 1 aliphatic carbocycles. The number of nitrogens with two attached hydrogens (primary N) is 1. The maximum atomic E-state index is 14.1. The molecule has 0 bridgehead atoms. The van der Waals surface area contributed by atoms with Gasteiger partial charge in [0.2, 0.25) is 23.6 Å². The Morgan fingerprint density at radius 2 is 1.90 bits per heavy atom. The van der Waals surface area contributed by atoms with E-state index in [9.17, 15) is 23.6 Å². The van der Waals surface area contributed by atoms with Gasteiger partial charge in [-0.2, -0.15) is 0 Å². The molecule has 5 rings (SSSR count). The maximum absolute atomic E-state index is 14.1. The van der Waals surface area contributed by atoms with Gasteiger partial charge in [-0.05, 0) is 31.0 Å². The average molecular weight is 414 g/mol. The molecule has 30 heavy (non-hydrogen) atoms. The third-order valence-corrected chi connectivity index (χ3v) is 7.07. The molecule has 9 heteroatoms. The SMILES string of the molecule is NC(=O)CC1NC2(C(=O)Nc3ccc(F)cc32)C2C(=O)N(C3CCCCC3)C(=O)C12. The topological polar surface area (TPSA) is 122 Å². The number of hydrogen-bond donors (Lipinski definition) is 3. The molecule has 1 aromatic carbocycles. The molecular weight excluding hydrogens is 391 g/mol. The number of anilines is 1. The van der Waals surface area contributed by atoms with Gasteiger partial charge in [-0.25, -0.2) is 4.39 Å². The fourth-order valence-electron chi connectivity index (χ4n) is 5.89. The fraction of sp³-hybridized carbons (Fsp3) is 0.524. The summed E-state index contributed by atoms with van der Waals surface area (Å²) >= 11 is 0. The molecule has 0 radical (unpaired) electrons. The smallest absolute Gasteiger partial charge is 0.250 e. The number of likely N-dealkylation sites (tertiary alicyclic amines) is 1. The lowest BCUT2D eigenvalue weighted by molar-refractivity contribution is -0.146. The first-order chi connectivity index (χ1) is 14.3. The van der Waals surface area contributed by atoms with Crippen molar-refractivity contribution in [2.24, 2.45) is 17.6 Å². The van der Waals surface area contributed by atoms with Crippen molar-refractivity contribution in [2.75, 3.05) is 5.32 Å². The van der Waals surface area contributed by atoms with Crippen molar-refractivity contribution in [3.8, 4) is 0 Å². The molecule has 4 amide bonds. The van der Waals surface area contributed by atoms with Gasteiger partial charge in [-0.1, -0.05) is 19.3 Å². The highest BCUT2D eigenvalue weighted by atomic mass is 19.1. The number of imide groups is 1. The van der Waals surface area contributed by atoms with Crippen LogP contribution in [0.1, 0.15) is 44.1 Å². The van der Waals surface area contributed by atoms with Crippen LogP contribution in [0.2, 0.25) is 0 Å². The molecule has 4 atom stereocenters. The molecule has 3 heterocycles. The van der Waals surface area contributed by atoms with Crippen molar-refractivity contribution in [1.29, 1.82) is 0 Å². The molecule has 158 valence electrons. The quantitative estimate of drug-likeness (QED) is 0.631. The van der Waals surface area contributed by atoms with E-state index in [0.717, 1.165) is 32.1 Å². The van der Waals surface area contributed by atoms with E-state index in [1.807, 2.05) is 0 Å². The van der Waals surface area contributed by atoms with Crippen LogP contribution in [-0.2, 0) is 24.7 Å². The first kappa shape index (κ1) is 19.2. The van der Waals surface area contributed by atoms with E-state index in [0.29, 0.717) is 11.3 Å². The third kappa shape index (κ3) is 2.47. The largest absolute Gasteiger partial charge is 0.370 e. The lowest BCUT2D eigenvalue weighted by Gasteiger charge is -2.33. The predicted octanol–water partition coefficient (Wildman–Crippen LogP) is 0.754. The van der Waals surface area contributed by atoms with Crippen LogP contribution >= 0.6 is 0 Å². The van der Waals surface area contributed by atoms with Crippen LogP contribution in [0.25, 0.3) is 0 Å². The van der Waals surface area contributed by atoms with E-state index in [1.165, 1.54) is 23.1 Å². The van der Waals surface area contributed by atoms with E-state index in [-0.39, 0.29) is 18.4 Å². The van der Waals surface area contributed by atoms with Crippen LogP contribution in [0, 0.1) is 17.7 Å². The second kappa shape index (κ2) is 6.60. The Balaban J connectivity index is 1.63. The van der Waals surface area contributed by atoms with Crippen LogP contribution in [-0.4, -0.2) is 40.6 Å². The number of carbonyl (C=O) groups is 4. The summed E-state index contributed by atoms with van der Waals surface area (Å²) in [6.07, 6.45) is 4.19. The van der Waals surface area contributed by atoms with Crippen LogP contribution in [0.3, 0.4) is 0 Å². The van der Waals surface area contributed by atoms with E-state index in [2.05, 4.69) is 10.6 Å². The second-order valence-corrected chi connectivity index (χ2v) is 8.72. The average Bonchev–Trinajstić information content (AvgIpc) is 3.27. The summed E-state index contributed by atoms with van der Waals surface area (Å²) in [6, 6.07) is 2.90. The number of primary amides is 1. The summed E-state index contributed by atoms with van der Waals surface area (Å²) in [4.78, 5) is 53.2. The highest BCUT2D eigenvalue weighted by Crippen LogP contribution is 2.54. The van der Waals surface area contributed by atoms with Crippen molar-refractivity contribution >= 4 is 29.3 Å². The van der Waals surface area contributed by atoms with E-state index >= 15 is 0 Å². The zero-order valence-electron chi connectivity index (χ0n) is 16.3. The maximum Gasteiger partial charge on any atom is 0.250 e. The van der Waals surface area contributed by atoms with Crippen molar-refractivity contribution in [2.45, 2.75) is 56.1 Å². The Hall–Kier alpha value is -2.81. The van der Waals surface area contributed by atoms with E-state index < -0.39 is 47.0 Å². The molecule has 4 N–H and O–H groups in total. The van der Waals surface area contributed by atoms with Gasteiger partial charge in [0.05, 0.1) is 11.8 Å². The van der Waals surface area contributed by atoms with Crippen molar-refractivity contribution in [3.05, 3.63) is 29.6 Å². The van der Waals surface area contributed by atoms with Crippen LogP contribution in [0.15, 0.2) is 18.2 Å². The van der Waals surface area contributed by atoms with Crippen LogP contribution in [0.5, 0.6) is 0 Å². The summed E-state index contributed by atoms with van der Waals surface area (Å²) in [5.74, 6) is -4.45. The summed E-state index contributed by atoms with van der Waals surface area (Å²) in [6.45, 7) is 0. The molecule has 0 aromatic heterocycles. The predicted molar refractivity (Wildman–Crippen MR) is 103 cm³/mol. The van der Waals surface area contributed by atoms with Crippen molar-refractivity contribution in [3.63, 3.8) is 0 Å². The molecule has 1 aromatic rings. The van der Waals surface area contributed by atoms with Crippen LogP contribution < -0.4 is 16.4 Å². The lowest BCUT2D eigenvalue weighted by atomic mass is 9.76. The number of nitrogens with one attached hydrogen (secondary N) is 2. The summed E-state index contributed by atoms with van der Waals surface area (Å²) in [5, 5.41) is 5.78. The summed E-state index contributed by atoms with van der Waals surface area (Å²) in [5.41, 5.74) is 4.49. The number of amides is 4. The molecule has 1 spiro atoms. The zero-order chi connectivity index (χ0) is 21.2. The summed E-state index contributed by atoms with van der Waals surface area (Å²) < 4.78 is 14.1. The minimum Gasteiger partial charge on any atom is -0.370 e. The first-order valence-corrected chi connectivity index (χ1v) is 10.4. The second-order valence-electron chi connectivity index (χ2n) is 8.72. The van der Waals surface area contributed by atoms with Crippen molar-refractivity contribution in [1.82, 2.24) is 10.2 Å². The molecule has 1 saturated carbocycles. The molecular formula is C21H23FN4O4. The lowest BCUT2D eigenvalue weighted by Crippen LogP contribution is -2.54. The van der Waals surface area contributed by atoms with E-state index in [4.69, 9.17) is 5.73 Å². The van der Waals surface area contributed by atoms with Gasteiger partial charge < -0.3 is 11.1 Å².